The largest absolute Gasteiger partial charge is 0.481 e. The maximum atomic E-state index is 12.3. The maximum Gasteiger partial charge on any atom is 0.326 e. The molecule has 1 unspecified atom stereocenters. The molecule has 0 saturated heterocycles. The second-order valence-electron chi connectivity index (χ2n) is 5.03. The van der Waals surface area contributed by atoms with E-state index in [1.807, 2.05) is 12.1 Å². The first-order chi connectivity index (χ1) is 10.0. The van der Waals surface area contributed by atoms with E-state index in [1.54, 1.807) is 12.1 Å². The molecule has 0 aliphatic carbocycles. The van der Waals surface area contributed by atoms with Crippen LogP contribution in [0, 0.1) is 0 Å². The van der Waals surface area contributed by atoms with E-state index in [9.17, 15) is 19.5 Å². The van der Waals surface area contributed by atoms with Crippen LogP contribution in [-0.4, -0.2) is 34.1 Å². The minimum absolute atomic E-state index is 0.0322. The molecule has 1 aliphatic rings. The molecule has 1 atom stereocenters. The van der Waals surface area contributed by atoms with E-state index in [0.29, 0.717) is 18.5 Å². The Labute approximate surface area is 122 Å². The highest BCUT2D eigenvalue weighted by atomic mass is 16.4. The van der Waals surface area contributed by atoms with Crippen molar-refractivity contribution in [1.82, 2.24) is 0 Å². The van der Waals surface area contributed by atoms with E-state index in [1.165, 1.54) is 4.90 Å². The third-order valence-corrected chi connectivity index (χ3v) is 3.58. The zero-order valence-electron chi connectivity index (χ0n) is 11.5. The fourth-order valence-corrected chi connectivity index (χ4v) is 2.60. The summed E-state index contributed by atoms with van der Waals surface area (Å²) in [6.45, 7) is 0. The number of carbonyl (C=O) groups excluding carboxylic acids is 1. The number of aryl methyl sites for hydroxylation is 1. The van der Waals surface area contributed by atoms with Gasteiger partial charge in [0.15, 0.2) is 0 Å². The molecular weight excluding hydrogens is 274 g/mol. The summed E-state index contributed by atoms with van der Waals surface area (Å²) in [5, 5.41) is 17.9. The van der Waals surface area contributed by atoms with Crippen LogP contribution in [0.5, 0.6) is 0 Å². The SMILES string of the molecule is O=C(O)CCCC(=O)N1c2ccccc2CCC1C(=O)O. The highest BCUT2D eigenvalue weighted by Crippen LogP contribution is 2.31. The Kier molecular flexibility index (Phi) is 4.57. The van der Waals surface area contributed by atoms with E-state index < -0.39 is 18.0 Å². The van der Waals surface area contributed by atoms with Gasteiger partial charge >= 0.3 is 11.9 Å². The summed E-state index contributed by atoms with van der Waals surface area (Å²) in [6.07, 6.45) is 1.13. The van der Waals surface area contributed by atoms with Crippen molar-refractivity contribution in [2.75, 3.05) is 4.90 Å². The first-order valence-electron chi connectivity index (χ1n) is 6.85. The van der Waals surface area contributed by atoms with Gasteiger partial charge in [-0.2, -0.15) is 0 Å². The molecule has 21 heavy (non-hydrogen) atoms. The average Bonchev–Trinajstić information content (AvgIpc) is 2.45. The summed E-state index contributed by atoms with van der Waals surface area (Å²) in [6, 6.07) is 6.36. The summed E-state index contributed by atoms with van der Waals surface area (Å²) in [4.78, 5) is 35.5. The summed E-state index contributed by atoms with van der Waals surface area (Å²) in [7, 11) is 0. The molecule has 0 spiro atoms. The Hall–Kier alpha value is -2.37. The summed E-state index contributed by atoms with van der Waals surface area (Å²) in [5.74, 6) is -2.33. The van der Waals surface area contributed by atoms with Crippen LogP contribution in [0.3, 0.4) is 0 Å². The molecule has 0 saturated carbocycles. The average molecular weight is 291 g/mol. The Bertz CT molecular complexity index is 569. The van der Waals surface area contributed by atoms with Gasteiger partial charge in [-0.15, -0.1) is 0 Å². The van der Waals surface area contributed by atoms with Crippen molar-refractivity contribution in [2.24, 2.45) is 0 Å². The number of nitrogens with zero attached hydrogens (tertiary/aromatic N) is 1. The Morgan fingerprint density at radius 3 is 2.52 bits per heavy atom. The van der Waals surface area contributed by atoms with Gasteiger partial charge in [-0.05, 0) is 30.9 Å². The minimum atomic E-state index is -1.03. The van der Waals surface area contributed by atoms with Crippen molar-refractivity contribution in [3.05, 3.63) is 29.8 Å². The Morgan fingerprint density at radius 1 is 1.14 bits per heavy atom. The summed E-state index contributed by atoms with van der Waals surface area (Å²) >= 11 is 0. The van der Waals surface area contributed by atoms with Gasteiger partial charge in [-0.1, -0.05) is 18.2 Å². The number of hydrogen-bond donors (Lipinski definition) is 2. The number of aliphatic carboxylic acids is 2. The van der Waals surface area contributed by atoms with Crippen molar-refractivity contribution in [1.29, 1.82) is 0 Å². The first-order valence-corrected chi connectivity index (χ1v) is 6.85. The molecule has 2 N–H and O–H groups in total. The number of carboxylic acids is 2. The number of para-hydroxylation sites is 1. The second kappa shape index (κ2) is 6.39. The molecule has 2 rings (SSSR count). The number of fused-ring (bicyclic) bond motifs is 1. The lowest BCUT2D eigenvalue weighted by Crippen LogP contribution is -2.48. The molecule has 6 heteroatoms. The summed E-state index contributed by atoms with van der Waals surface area (Å²) < 4.78 is 0. The van der Waals surface area contributed by atoms with Crippen LogP contribution < -0.4 is 4.90 Å². The molecule has 6 nitrogen and oxygen atoms in total. The van der Waals surface area contributed by atoms with E-state index in [0.717, 1.165) is 5.56 Å². The fourth-order valence-electron chi connectivity index (χ4n) is 2.60. The predicted octanol–water partition coefficient (Wildman–Crippen LogP) is 1.67. The van der Waals surface area contributed by atoms with Crippen LogP contribution in [-0.2, 0) is 20.8 Å². The van der Waals surface area contributed by atoms with Gasteiger partial charge in [0, 0.05) is 18.5 Å². The topological polar surface area (TPSA) is 94.9 Å². The normalized spacial score (nSPS) is 17.1. The highest BCUT2D eigenvalue weighted by Gasteiger charge is 2.34. The van der Waals surface area contributed by atoms with Crippen molar-refractivity contribution in [3.63, 3.8) is 0 Å². The van der Waals surface area contributed by atoms with Gasteiger partial charge in [-0.25, -0.2) is 4.79 Å². The third-order valence-electron chi connectivity index (χ3n) is 3.58. The molecule has 1 amide bonds. The van der Waals surface area contributed by atoms with Crippen LogP contribution in [0.15, 0.2) is 24.3 Å². The molecule has 1 aliphatic heterocycles. The molecule has 0 aromatic heterocycles. The van der Waals surface area contributed by atoms with Crippen LogP contribution >= 0.6 is 0 Å². The smallest absolute Gasteiger partial charge is 0.326 e. The Balaban J connectivity index is 2.21. The van der Waals surface area contributed by atoms with Gasteiger partial charge in [0.05, 0.1) is 0 Å². The third kappa shape index (κ3) is 3.39. The predicted molar refractivity (Wildman–Crippen MR) is 75.2 cm³/mol. The lowest BCUT2D eigenvalue weighted by atomic mass is 9.95. The molecule has 0 bridgehead atoms. The maximum absolute atomic E-state index is 12.3. The van der Waals surface area contributed by atoms with Crippen LogP contribution in [0.25, 0.3) is 0 Å². The van der Waals surface area contributed by atoms with Gasteiger partial charge in [0.1, 0.15) is 6.04 Å². The van der Waals surface area contributed by atoms with Crippen molar-refractivity contribution in [3.8, 4) is 0 Å². The van der Waals surface area contributed by atoms with E-state index in [2.05, 4.69) is 0 Å². The van der Waals surface area contributed by atoms with Crippen molar-refractivity contribution < 1.29 is 24.6 Å². The lowest BCUT2D eigenvalue weighted by Gasteiger charge is -2.34. The highest BCUT2D eigenvalue weighted by molar-refractivity contribution is 6.00. The van der Waals surface area contributed by atoms with Crippen LogP contribution in [0.1, 0.15) is 31.2 Å². The number of benzene rings is 1. The number of hydrogen-bond acceptors (Lipinski definition) is 3. The molecule has 1 heterocycles. The number of amides is 1. The van der Waals surface area contributed by atoms with Crippen molar-refractivity contribution >= 4 is 23.5 Å². The number of anilines is 1. The fraction of sp³-hybridized carbons (Fsp3) is 0.400. The van der Waals surface area contributed by atoms with Gasteiger partial charge < -0.3 is 10.2 Å². The zero-order valence-corrected chi connectivity index (χ0v) is 11.5. The number of carbonyl (C=O) groups is 3. The lowest BCUT2D eigenvalue weighted by molar-refractivity contribution is -0.141. The molecule has 112 valence electrons. The van der Waals surface area contributed by atoms with E-state index >= 15 is 0 Å². The minimum Gasteiger partial charge on any atom is -0.481 e. The quantitative estimate of drug-likeness (QED) is 0.860. The van der Waals surface area contributed by atoms with Gasteiger partial charge in [0.25, 0.3) is 0 Å². The summed E-state index contributed by atoms with van der Waals surface area (Å²) in [5.41, 5.74) is 1.57. The van der Waals surface area contributed by atoms with E-state index in [4.69, 9.17) is 5.11 Å². The molecular formula is C15H17NO5. The monoisotopic (exact) mass is 291 g/mol. The number of rotatable bonds is 5. The first kappa shape index (κ1) is 15.0. The van der Waals surface area contributed by atoms with Crippen LogP contribution in [0.2, 0.25) is 0 Å². The Morgan fingerprint density at radius 2 is 1.86 bits per heavy atom. The number of carboxylic acid groups (broad SMARTS) is 2. The van der Waals surface area contributed by atoms with Gasteiger partial charge in [-0.3, -0.25) is 14.5 Å². The molecule has 0 fully saturated rings. The standard InChI is InChI=1S/C15H17NO5/c17-13(6-3-7-14(18)19)16-11-5-2-1-4-10(11)8-9-12(16)15(20)21/h1-2,4-5,12H,3,6-9H2,(H,18,19)(H,20,21). The van der Waals surface area contributed by atoms with E-state index in [-0.39, 0.29) is 25.2 Å². The molecule has 0 radical (unpaired) electrons. The molecule has 1 aromatic carbocycles. The molecule has 1 aromatic rings. The zero-order chi connectivity index (χ0) is 15.4. The second-order valence-corrected chi connectivity index (χ2v) is 5.03. The van der Waals surface area contributed by atoms with Crippen molar-refractivity contribution in [2.45, 2.75) is 38.1 Å². The van der Waals surface area contributed by atoms with Crippen LogP contribution in [0.4, 0.5) is 5.69 Å². The van der Waals surface area contributed by atoms with Gasteiger partial charge in [0.2, 0.25) is 5.91 Å².